The molecule has 2 aromatic heterocycles. The first-order chi connectivity index (χ1) is 12.0. The first-order valence-corrected chi connectivity index (χ1v) is 8.48. The highest BCUT2D eigenvalue weighted by molar-refractivity contribution is 5.78. The van der Waals surface area contributed by atoms with Crippen molar-refractivity contribution in [3.8, 4) is 0 Å². The van der Waals surface area contributed by atoms with Gasteiger partial charge in [0.05, 0.1) is 24.2 Å². The van der Waals surface area contributed by atoms with Gasteiger partial charge in [0.25, 0.3) is 0 Å². The maximum Gasteiger partial charge on any atom is 0.435 e. The van der Waals surface area contributed by atoms with Crippen molar-refractivity contribution in [2.24, 2.45) is 5.92 Å². The van der Waals surface area contributed by atoms with E-state index in [-0.39, 0.29) is 18.5 Å². The molecule has 0 radical (unpaired) electrons. The second-order valence-corrected chi connectivity index (χ2v) is 6.51. The summed E-state index contributed by atoms with van der Waals surface area (Å²) in [6.07, 6.45) is -2.61. The summed E-state index contributed by atoms with van der Waals surface area (Å²) in [5.41, 5.74) is 1.18. The third-order valence-electron chi connectivity index (χ3n) is 4.30. The molecule has 0 aliphatic rings. The summed E-state index contributed by atoms with van der Waals surface area (Å²) in [6, 6.07) is 0.741. The molecule has 6 nitrogen and oxygen atoms in total. The van der Waals surface area contributed by atoms with Crippen LogP contribution in [0.5, 0.6) is 0 Å². The normalized spacial score (nSPS) is 14.3. The van der Waals surface area contributed by atoms with Gasteiger partial charge < -0.3 is 5.32 Å². The summed E-state index contributed by atoms with van der Waals surface area (Å²) in [6.45, 7) is 9.72. The Labute approximate surface area is 150 Å². The summed E-state index contributed by atoms with van der Waals surface area (Å²) in [5.74, 6) is -0.775. The number of carbonyl (C=O) groups excluding carboxylic acids is 1. The maximum absolute atomic E-state index is 12.7. The number of carbonyl (C=O) groups is 1. The third-order valence-corrected chi connectivity index (χ3v) is 4.30. The molecule has 0 aromatic carbocycles. The average molecular weight is 371 g/mol. The summed E-state index contributed by atoms with van der Waals surface area (Å²) >= 11 is 0. The summed E-state index contributed by atoms with van der Waals surface area (Å²) in [5, 5.41) is 10.8. The van der Waals surface area contributed by atoms with Crippen molar-refractivity contribution < 1.29 is 18.0 Å². The number of amides is 1. The van der Waals surface area contributed by atoms with Crippen molar-refractivity contribution in [1.82, 2.24) is 24.9 Å². The minimum absolute atomic E-state index is 0.0771. The van der Waals surface area contributed by atoms with Crippen LogP contribution in [0.2, 0.25) is 0 Å². The molecule has 0 spiro atoms. The standard InChI is InChI=1S/C17H24F3N5O/c1-6-24-9-14(13(5)22-24)12(4)21-16(26)10(2)8-25-11(3)7-15(23-25)17(18,19)20/h7,9-10,12H,6,8H2,1-5H3,(H,21,26). The van der Waals surface area contributed by atoms with E-state index >= 15 is 0 Å². The summed E-state index contributed by atoms with van der Waals surface area (Å²) in [7, 11) is 0. The molecule has 0 bridgehead atoms. The second kappa shape index (κ2) is 7.51. The van der Waals surface area contributed by atoms with Gasteiger partial charge in [-0.2, -0.15) is 23.4 Å². The highest BCUT2D eigenvalue weighted by Crippen LogP contribution is 2.28. The number of rotatable bonds is 6. The Morgan fingerprint density at radius 3 is 2.42 bits per heavy atom. The van der Waals surface area contributed by atoms with Gasteiger partial charge in [-0.1, -0.05) is 6.92 Å². The molecule has 0 aliphatic heterocycles. The van der Waals surface area contributed by atoms with Gasteiger partial charge in [-0.05, 0) is 33.8 Å². The average Bonchev–Trinajstić information content (AvgIpc) is 3.10. The second-order valence-electron chi connectivity index (χ2n) is 6.51. The lowest BCUT2D eigenvalue weighted by atomic mass is 10.1. The molecule has 2 rings (SSSR count). The molecular weight excluding hydrogens is 347 g/mol. The van der Waals surface area contributed by atoms with Crippen LogP contribution in [0, 0.1) is 19.8 Å². The molecule has 1 amide bonds. The van der Waals surface area contributed by atoms with Crippen LogP contribution in [0.15, 0.2) is 12.3 Å². The van der Waals surface area contributed by atoms with Crippen molar-refractivity contribution in [3.05, 3.63) is 34.9 Å². The van der Waals surface area contributed by atoms with Crippen molar-refractivity contribution >= 4 is 5.91 Å². The number of alkyl halides is 3. The van der Waals surface area contributed by atoms with E-state index in [1.54, 1.807) is 11.6 Å². The van der Waals surface area contributed by atoms with Gasteiger partial charge in [0.2, 0.25) is 5.91 Å². The molecule has 2 heterocycles. The van der Waals surface area contributed by atoms with E-state index in [0.29, 0.717) is 5.69 Å². The van der Waals surface area contributed by atoms with E-state index in [4.69, 9.17) is 0 Å². The summed E-state index contributed by atoms with van der Waals surface area (Å²) in [4.78, 5) is 12.4. The van der Waals surface area contributed by atoms with Crippen LogP contribution in [0.3, 0.4) is 0 Å². The monoisotopic (exact) mass is 371 g/mol. The van der Waals surface area contributed by atoms with Crippen LogP contribution in [-0.4, -0.2) is 25.5 Å². The maximum atomic E-state index is 12.7. The van der Waals surface area contributed by atoms with Crippen molar-refractivity contribution in [2.45, 2.75) is 59.9 Å². The van der Waals surface area contributed by atoms with Gasteiger partial charge in [-0.3, -0.25) is 14.2 Å². The largest absolute Gasteiger partial charge is 0.435 e. The lowest BCUT2D eigenvalue weighted by Crippen LogP contribution is -2.34. The highest BCUT2D eigenvalue weighted by Gasteiger charge is 2.34. The van der Waals surface area contributed by atoms with Gasteiger partial charge >= 0.3 is 6.18 Å². The number of hydrogen-bond acceptors (Lipinski definition) is 3. The molecule has 26 heavy (non-hydrogen) atoms. The SMILES string of the molecule is CCn1cc(C(C)NC(=O)C(C)Cn2nc(C(F)(F)F)cc2C)c(C)n1. The Kier molecular flexibility index (Phi) is 5.77. The van der Waals surface area contributed by atoms with E-state index in [1.807, 2.05) is 27.0 Å². The Balaban J connectivity index is 2.03. The molecule has 0 saturated carbocycles. The summed E-state index contributed by atoms with van der Waals surface area (Å²) < 4.78 is 41.2. The van der Waals surface area contributed by atoms with Crippen LogP contribution in [-0.2, 0) is 24.1 Å². The fourth-order valence-electron chi connectivity index (χ4n) is 2.73. The topological polar surface area (TPSA) is 64.7 Å². The molecule has 1 N–H and O–H groups in total. The zero-order valence-corrected chi connectivity index (χ0v) is 15.6. The fraction of sp³-hybridized carbons (Fsp3) is 0.588. The lowest BCUT2D eigenvalue weighted by molar-refractivity contribution is -0.141. The number of aryl methyl sites for hydroxylation is 3. The van der Waals surface area contributed by atoms with E-state index in [0.717, 1.165) is 23.9 Å². The predicted molar refractivity (Wildman–Crippen MR) is 90.3 cm³/mol. The van der Waals surface area contributed by atoms with Crippen LogP contribution in [0.4, 0.5) is 13.2 Å². The predicted octanol–water partition coefficient (Wildman–Crippen LogP) is 3.25. The number of nitrogens with one attached hydrogen (secondary N) is 1. The van der Waals surface area contributed by atoms with E-state index < -0.39 is 17.8 Å². The minimum atomic E-state index is -4.49. The van der Waals surface area contributed by atoms with Gasteiger partial charge in [0.15, 0.2) is 5.69 Å². The van der Waals surface area contributed by atoms with E-state index in [2.05, 4.69) is 15.5 Å². The molecular formula is C17H24F3N5O. The van der Waals surface area contributed by atoms with Crippen LogP contribution in [0.1, 0.15) is 49.5 Å². The zero-order valence-electron chi connectivity index (χ0n) is 15.6. The van der Waals surface area contributed by atoms with Gasteiger partial charge in [-0.15, -0.1) is 0 Å². The molecule has 9 heteroatoms. The van der Waals surface area contributed by atoms with Gasteiger partial charge in [-0.25, -0.2) is 0 Å². The number of aromatic nitrogens is 4. The quantitative estimate of drug-likeness (QED) is 0.848. The fourth-order valence-corrected chi connectivity index (χ4v) is 2.73. The Morgan fingerprint density at radius 1 is 1.27 bits per heavy atom. The Hall–Kier alpha value is -2.32. The number of nitrogens with zero attached hydrogens (tertiary/aromatic N) is 4. The molecule has 0 saturated heterocycles. The molecule has 2 atom stereocenters. The van der Waals surface area contributed by atoms with E-state index in [9.17, 15) is 18.0 Å². The van der Waals surface area contributed by atoms with Crippen LogP contribution in [0.25, 0.3) is 0 Å². The first-order valence-electron chi connectivity index (χ1n) is 8.48. The van der Waals surface area contributed by atoms with Crippen molar-refractivity contribution in [1.29, 1.82) is 0 Å². The third kappa shape index (κ3) is 4.44. The van der Waals surface area contributed by atoms with E-state index in [1.165, 1.54) is 11.6 Å². The molecule has 0 aliphatic carbocycles. The molecule has 0 fully saturated rings. The molecule has 2 aromatic rings. The Morgan fingerprint density at radius 2 is 1.92 bits per heavy atom. The molecule has 144 valence electrons. The van der Waals surface area contributed by atoms with Gasteiger partial charge in [0, 0.05) is 24.0 Å². The Bertz CT molecular complexity index is 778. The number of hydrogen-bond donors (Lipinski definition) is 1. The number of halogens is 3. The smallest absolute Gasteiger partial charge is 0.349 e. The minimum Gasteiger partial charge on any atom is -0.349 e. The van der Waals surface area contributed by atoms with Gasteiger partial charge in [0.1, 0.15) is 0 Å². The molecule has 2 unspecified atom stereocenters. The van der Waals surface area contributed by atoms with Crippen LogP contribution < -0.4 is 5.32 Å². The zero-order chi connectivity index (χ0) is 19.6. The highest BCUT2D eigenvalue weighted by atomic mass is 19.4. The first kappa shape index (κ1) is 20.0. The lowest BCUT2D eigenvalue weighted by Gasteiger charge is -2.18. The van der Waals surface area contributed by atoms with Crippen LogP contribution >= 0.6 is 0 Å². The van der Waals surface area contributed by atoms with Crippen molar-refractivity contribution in [2.75, 3.05) is 0 Å². The van der Waals surface area contributed by atoms with Crippen molar-refractivity contribution in [3.63, 3.8) is 0 Å².